The summed E-state index contributed by atoms with van der Waals surface area (Å²) in [5.41, 5.74) is 0.638. The highest BCUT2D eigenvalue weighted by Gasteiger charge is 2.29. The molecule has 0 atom stereocenters. The number of hydrogen-bond acceptors (Lipinski definition) is 6. The first-order valence-corrected chi connectivity index (χ1v) is 8.71. The lowest BCUT2D eigenvalue weighted by atomic mass is 10.3. The molecule has 0 saturated heterocycles. The first-order valence-electron chi connectivity index (χ1n) is 7.27. The molecule has 0 aliphatic carbocycles. The number of furan rings is 1. The molecule has 3 heterocycles. The minimum absolute atomic E-state index is 0.0155. The Hall–Kier alpha value is -2.52. The third-order valence-electron chi connectivity index (χ3n) is 3.47. The van der Waals surface area contributed by atoms with Crippen molar-refractivity contribution in [2.45, 2.75) is 25.0 Å². The van der Waals surface area contributed by atoms with Gasteiger partial charge in [-0.2, -0.15) is 4.31 Å². The summed E-state index contributed by atoms with van der Waals surface area (Å²) in [6.45, 7) is 2.03. The van der Waals surface area contributed by atoms with Gasteiger partial charge in [0.05, 0.1) is 25.0 Å². The summed E-state index contributed by atoms with van der Waals surface area (Å²) < 4.78 is 34.0. The third-order valence-corrected chi connectivity index (χ3v) is 5.31. The van der Waals surface area contributed by atoms with E-state index in [1.807, 2.05) is 13.0 Å². The minimum atomic E-state index is -3.80. The fourth-order valence-corrected chi connectivity index (χ4v) is 3.70. The molecular formula is C15H17N5O3S. The molecule has 0 aromatic carbocycles. The van der Waals surface area contributed by atoms with Gasteiger partial charge < -0.3 is 4.42 Å². The number of sulfonamides is 1. The van der Waals surface area contributed by atoms with Crippen LogP contribution in [0.5, 0.6) is 0 Å². The van der Waals surface area contributed by atoms with Gasteiger partial charge in [0.1, 0.15) is 11.5 Å². The van der Waals surface area contributed by atoms with Gasteiger partial charge in [0.15, 0.2) is 5.03 Å². The van der Waals surface area contributed by atoms with Crippen LogP contribution in [0.4, 0.5) is 0 Å². The molecule has 3 aromatic heterocycles. The quantitative estimate of drug-likeness (QED) is 0.671. The van der Waals surface area contributed by atoms with Crippen LogP contribution >= 0.6 is 0 Å². The van der Waals surface area contributed by atoms with E-state index in [1.54, 1.807) is 30.5 Å². The summed E-state index contributed by atoms with van der Waals surface area (Å²) in [5, 5.41) is 7.38. The molecule has 0 radical (unpaired) electrons. The molecule has 0 fully saturated rings. The molecule has 9 heteroatoms. The number of aromatic nitrogens is 4. The van der Waals surface area contributed by atoms with Crippen LogP contribution in [0.1, 0.15) is 17.2 Å². The molecule has 126 valence electrons. The van der Waals surface area contributed by atoms with Gasteiger partial charge in [-0.25, -0.2) is 13.1 Å². The van der Waals surface area contributed by atoms with E-state index in [9.17, 15) is 8.42 Å². The standard InChI is InChI=1S/C15H17N5O3S/c1-12-6-7-14(23-12)11-20(10-13-5-3-4-8-16-13)24(21,22)15-9-17-18-19(15)2/h3-9H,10-11H2,1-2H3. The van der Waals surface area contributed by atoms with Gasteiger partial charge in [-0.05, 0) is 31.2 Å². The summed E-state index contributed by atoms with van der Waals surface area (Å²) in [5.74, 6) is 1.28. The predicted molar refractivity (Wildman–Crippen MR) is 85.1 cm³/mol. The van der Waals surface area contributed by atoms with Crippen molar-refractivity contribution in [1.82, 2.24) is 24.3 Å². The maximum Gasteiger partial charge on any atom is 0.262 e. The zero-order chi connectivity index (χ0) is 17.2. The number of rotatable bonds is 6. The zero-order valence-corrected chi connectivity index (χ0v) is 14.1. The first-order chi connectivity index (χ1) is 11.5. The molecule has 0 spiro atoms. The monoisotopic (exact) mass is 347 g/mol. The van der Waals surface area contributed by atoms with Crippen molar-refractivity contribution in [1.29, 1.82) is 0 Å². The van der Waals surface area contributed by atoms with Crippen LogP contribution in [0.15, 0.2) is 52.2 Å². The van der Waals surface area contributed by atoms with E-state index < -0.39 is 10.0 Å². The van der Waals surface area contributed by atoms with Crippen LogP contribution in [0.25, 0.3) is 0 Å². The highest BCUT2D eigenvalue weighted by atomic mass is 32.2. The van der Waals surface area contributed by atoms with Crippen molar-refractivity contribution in [2.75, 3.05) is 0 Å². The lowest BCUT2D eigenvalue weighted by molar-refractivity contribution is 0.348. The normalized spacial score (nSPS) is 12.0. The van der Waals surface area contributed by atoms with E-state index in [2.05, 4.69) is 15.3 Å². The van der Waals surface area contributed by atoms with E-state index in [-0.39, 0.29) is 18.1 Å². The van der Waals surface area contributed by atoms with Gasteiger partial charge in [0.2, 0.25) is 0 Å². The van der Waals surface area contributed by atoms with Crippen LogP contribution in [-0.4, -0.2) is 32.7 Å². The zero-order valence-electron chi connectivity index (χ0n) is 13.3. The third kappa shape index (κ3) is 3.36. The van der Waals surface area contributed by atoms with Crippen LogP contribution in [-0.2, 0) is 30.2 Å². The lowest BCUT2D eigenvalue weighted by Gasteiger charge is -2.20. The fraction of sp³-hybridized carbons (Fsp3) is 0.267. The summed E-state index contributed by atoms with van der Waals surface area (Å²) in [4.78, 5) is 4.21. The Labute approximate surface area is 139 Å². The van der Waals surface area contributed by atoms with Gasteiger partial charge in [-0.3, -0.25) is 4.98 Å². The van der Waals surface area contributed by atoms with Crippen molar-refractivity contribution >= 4 is 10.0 Å². The van der Waals surface area contributed by atoms with Gasteiger partial charge in [-0.1, -0.05) is 11.3 Å². The Balaban J connectivity index is 1.96. The Morgan fingerprint density at radius 3 is 2.62 bits per heavy atom. The second kappa shape index (κ2) is 6.54. The summed E-state index contributed by atoms with van der Waals surface area (Å²) in [6, 6.07) is 8.93. The molecule has 0 aliphatic rings. The summed E-state index contributed by atoms with van der Waals surface area (Å²) in [7, 11) is -2.27. The SMILES string of the molecule is Cc1ccc(CN(Cc2ccccn2)S(=O)(=O)c2cnnn2C)o1. The van der Waals surface area contributed by atoms with Gasteiger partial charge >= 0.3 is 0 Å². The second-order valence-electron chi connectivity index (χ2n) is 5.30. The molecule has 8 nitrogen and oxygen atoms in total. The van der Waals surface area contributed by atoms with Gasteiger partial charge in [-0.15, -0.1) is 5.10 Å². The van der Waals surface area contributed by atoms with Gasteiger partial charge in [0.25, 0.3) is 10.0 Å². The number of hydrogen-bond donors (Lipinski definition) is 0. The molecule has 24 heavy (non-hydrogen) atoms. The molecule has 0 saturated carbocycles. The molecule has 3 rings (SSSR count). The number of aryl methyl sites for hydroxylation is 2. The van der Waals surface area contributed by atoms with E-state index in [0.717, 1.165) is 5.76 Å². The molecular weight excluding hydrogens is 330 g/mol. The average Bonchev–Trinajstić information content (AvgIpc) is 3.16. The van der Waals surface area contributed by atoms with Crippen molar-refractivity contribution in [3.63, 3.8) is 0 Å². The molecule has 0 amide bonds. The van der Waals surface area contributed by atoms with Crippen molar-refractivity contribution in [3.8, 4) is 0 Å². The molecule has 0 unspecified atom stereocenters. The Bertz CT molecular complexity index is 918. The van der Waals surface area contributed by atoms with Crippen LogP contribution in [0.3, 0.4) is 0 Å². The summed E-state index contributed by atoms with van der Waals surface area (Å²) >= 11 is 0. The van der Waals surface area contributed by atoms with Crippen LogP contribution < -0.4 is 0 Å². The van der Waals surface area contributed by atoms with Crippen LogP contribution in [0.2, 0.25) is 0 Å². The number of nitrogens with zero attached hydrogens (tertiary/aromatic N) is 5. The highest BCUT2D eigenvalue weighted by molar-refractivity contribution is 7.89. The van der Waals surface area contributed by atoms with E-state index >= 15 is 0 Å². The Kier molecular flexibility index (Phi) is 4.45. The van der Waals surface area contributed by atoms with E-state index in [1.165, 1.54) is 22.2 Å². The lowest BCUT2D eigenvalue weighted by Crippen LogP contribution is -2.31. The maximum absolute atomic E-state index is 13.0. The largest absolute Gasteiger partial charge is 0.465 e. The highest BCUT2D eigenvalue weighted by Crippen LogP contribution is 2.20. The topological polar surface area (TPSA) is 94.1 Å². The minimum Gasteiger partial charge on any atom is -0.465 e. The smallest absolute Gasteiger partial charge is 0.262 e. The molecule has 3 aromatic rings. The number of pyridine rings is 1. The molecule has 0 N–H and O–H groups in total. The Morgan fingerprint density at radius 2 is 2.04 bits per heavy atom. The molecule has 0 aliphatic heterocycles. The van der Waals surface area contributed by atoms with Crippen molar-refractivity contribution < 1.29 is 12.8 Å². The summed E-state index contributed by atoms with van der Waals surface area (Å²) in [6.07, 6.45) is 2.86. The van der Waals surface area contributed by atoms with Gasteiger partial charge in [0, 0.05) is 13.2 Å². The maximum atomic E-state index is 13.0. The van der Waals surface area contributed by atoms with Crippen molar-refractivity contribution in [3.05, 3.63) is 59.9 Å². The van der Waals surface area contributed by atoms with E-state index in [0.29, 0.717) is 11.5 Å². The molecule has 0 bridgehead atoms. The average molecular weight is 347 g/mol. The van der Waals surface area contributed by atoms with Crippen molar-refractivity contribution in [2.24, 2.45) is 7.05 Å². The second-order valence-corrected chi connectivity index (χ2v) is 7.19. The fourth-order valence-electron chi connectivity index (χ4n) is 2.29. The Morgan fingerprint density at radius 1 is 1.21 bits per heavy atom. The first kappa shape index (κ1) is 16.3. The predicted octanol–water partition coefficient (Wildman–Crippen LogP) is 1.50. The van der Waals surface area contributed by atoms with E-state index in [4.69, 9.17) is 4.42 Å². The van der Waals surface area contributed by atoms with Crippen LogP contribution in [0, 0.1) is 6.92 Å².